The highest BCUT2D eigenvalue weighted by atomic mass is 16.5. The van der Waals surface area contributed by atoms with Crippen molar-refractivity contribution < 1.29 is 14.3 Å². The molecule has 16 heavy (non-hydrogen) atoms. The van der Waals surface area contributed by atoms with Crippen molar-refractivity contribution in [2.75, 3.05) is 20.2 Å². The number of carbonyl (C=O) groups is 2. The lowest BCUT2D eigenvalue weighted by Crippen LogP contribution is -2.32. The van der Waals surface area contributed by atoms with Crippen LogP contribution >= 0.6 is 0 Å². The number of ether oxygens (including phenoxy) is 1. The predicted molar refractivity (Wildman–Crippen MR) is 62.0 cm³/mol. The van der Waals surface area contributed by atoms with Crippen molar-refractivity contribution >= 4 is 12.0 Å². The molecule has 0 rings (SSSR count). The first-order valence-electron chi connectivity index (χ1n) is 5.38. The molecule has 0 saturated carbocycles. The lowest BCUT2D eigenvalue weighted by atomic mass is 10.0. The van der Waals surface area contributed by atoms with Crippen molar-refractivity contribution in [3.8, 4) is 0 Å². The fraction of sp³-hybridized carbons (Fsp3) is 0.636. The quantitative estimate of drug-likeness (QED) is 0.640. The van der Waals surface area contributed by atoms with Crippen LogP contribution in [0.15, 0.2) is 12.7 Å². The van der Waals surface area contributed by atoms with E-state index in [2.05, 4.69) is 17.2 Å². The van der Waals surface area contributed by atoms with E-state index in [0.29, 0.717) is 13.0 Å². The number of rotatable bonds is 7. The summed E-state index contributed by atoms with van der Waals surface area (Å²) >= 11 is 0. The Bertz CT molecular complexity index is 241. The molecule has 5 nitrogen and oxygen atoms in total. The average molecular weight is 228 g/mol. The molecule has 2 N–H and O–H groups in total. The zero-order valence-electron chi connectivity index (χ0n) is 9.91. The molecule has 0 aromatic heterocycles. The number of hydrogen-bond acceptors (Lipinski definition) is 3. The van der Waals surface area contributed by atoms with Gasteiger partial charge in [0.2, 0.25) is 5.91 Å². The molecule has 0 aliphatic heterocycles. The summed E-state index contributed by atoms with van der Waals surface area (Å²) in [5, 5.41) is 5.16. The van der Waals surface area contributed by atoms with E-state index in [9.17, 15) is 9.59 Å². The van der Waals surface area contributed by atoms with Crippen LogP contribution in [0.4, 0.5) is 4.79 Å². The lowest BCUT2D eigenvalue weighted by Gasteiger charge is -2.13. The maximum Gasteiger partial charge on any atom is 0.407 e. The number of alkyl carbamates (subject to hydrolysis) is 1. The summed E-state index contributed by atoms with van der Waals surface area (Å²) < 4.78 is 4.72. The molecule has 0 fully saturated rings. The van der Waals surface area contributed by atoms with Crippen LogP contribution in [0.5, 0.6) is 0 Å². The van der Waals surface area contributed by atoms with Gasteiger partial charge in [0.25, 0.3) is 0 Å². The summed E-state index contributed by atoms with van der Waals surface area (Å²) in [6.07, 6.45) is 2.38. The molecular weight excluding hydrogens is 208 g/mol. The Morgan fingerprint density at radius 2 is 2.19 bits per heavy atom. The topological polar surface area (TPSA) is 67.4 Å². The third-order valence-corrected chi connectivity index (χ3v) is 2.20. The zero-order chi connectivity index (χ0) is 12.4. The van der Waals surface area contributed by atoms with Crippen molar-refractivity contribution in [3.05, 3.63) is 12.7 Å². The van der Waals surface area contributed by atoms with E-state index >= 15 is 0 Å². The molecule has 5 heteroatoms. The molecule has 0 aromatic rings. The van der Waals surface area contributed by atoms with Crippen LogP contribution in [-0.4, -0.2) is 32.2 Å². The smallest absolute Gasteiger partial charge is 0.407 e. The molecule has 0 aliphatic rings. The molecule has 0 aromatic carbocycles. The van der Waals surface area contributed by atoms with E-state index in [-0.39, 0.29) is 18.4 Å². The van der Waals surface area contributed by atoms with Crippen LogP contribution in [0.1, 0.15) is 19.8 Å². The predicted octanol–water partition coefficient (Wildman–Crippen LogP) is 1.06. The fourth-order valence-electron chi connectivity index (χ4n) is 1.26. The van der Waals surface area contributed by atoms with Crippen LogP contribution in [0.25, 0.3) is 0 Å². The van der Waals surface area contributed by atoms with Crippen LogP contribution < -0.4 is 10.6 Å². The Kier molecular flexibility index (Phi) is 7.93. The maximum absolute atomic E-state index is 11.3. The van der Waals surface area contributed by atoms with Gasteiger partial charge in [-0.1, -0.05) is 19.6 Å². The number of hydrogen-bond donors (Lipinski definition) is 2. The minimum Gasteiger partial charge on any atom is -0.445 e. The van der Waals surface area contributed by atoms with Crippen molar-refractivity contribution in [1.82, 2.24) is 10.6 Å². The second-order valence-corrected chi connectivity index (χ2v) is 3.32. The average Bonchev–Trinajstić information content (AvgIpc) is 2.31. The molecular formula is C11H20N2O3. The van der Waals surface area contributed by atoms with Crippen molar-refractivity contribution in [2.45, 2.75) is 19.8 Å². The summed E-state index contributed by atoms with van der Waals surface area (Å²) in [5.74, 6) is -0.0616. The molecule has 0 radical (unpaired) electrons. The second kappa shape index (κ2) is 8.76. The van der Waals surface area contributed by atoms with Crippen LogP contribution in [0.3, 0.4) is 0 Å². The zero-order valence-corrected chi connectivity index (χ0v) is 9.91. The third kappa shape index (κ3) is 6.06. The Morgan fingerprint density at radius 1 is 1.50 bits per heavy atom. The first-order chi connectivity index (χ1) is 7.65. The van der Waals surface area contributed by atoms with E-state index in [1.807, 2.05) is 6.92 Å². The van der Waals surface area contributed by atoms with Gasteiger partial charge in [0.1, 0.15) is 6.61 Å². The van der Waals surface area contributed by atoms with E-state index in [1.165, 1.54) is 6.08 Å². The van der Waals surface area contributed by atoms with Gasteiger partial charge >= 0.3 is 6.09 Å². The van der Waals surface area contributed by atoms with Gasteiger partial charge in [-0.15, -0.1) is 0 Å². The normalized spacial score (nSPS) is 11.4. The molecule has 1 unspecified atom stereocenters. The Labute approximate surface area is 96.2 Å². The molecule has 0 heterocycles. The molecule has 0 aliphatic carbocycles. The summed E-state index contributed by atoms with van der Waals surface area (Å²) in [4.78, 5) is 22.4. The van der Waals surface area contributed by atoms with Gasteiger partial charge in [-0.3, -0.25) is 4.79 Å². The SMILES string of the molecule is C=CCOC(=O)NCCC(CC)C(=O)NC. The molecule has 2 amide bonds. The number of nitrogens with one attached hydrogen (secondary N) is 2. The Morgan fingerprint density at radius 3 is 2.69 bits per heavy atom. The first kappa shape index (κ1) is 14.5. The molecule has 0 bridgehead atoms. The van der Waals surface area contributed by atoms with Gasteiger partial charge in [-0.2, -0.15) is 0 Å². The minimum absolute atomic E-state index is 0.00348. The van der Waals surface area contributed by atoms with Crippen LogP contribution in [-0.2, 0) is 9.53 Å². The highest BCUT2D eigenvalue weighted by molar-refractivity contribution is 5.78. The Hall–Kier alpha value is -1.52. The van der Waals surface area contributed by atoms with E-state index in [1.54, 1.807) is 7.05 Å². The summed E-state index contributed by atoms with van der Waals surface area (Å²) in [5.41, 5.74) is 0. The number of amides is 2. The van der Waals surface area contributed by atoms with Crippen molar-refractivity contribution in [2.24, 2.45) is 5.92 Å². The van der Waals surface area contributed by atoms with E-state index < -0.39 is 6.09 Å². The fourth-order valence-corrected chi connectivity index (χ4v) is 1.26. The summed E-state index contributed by atoms with van der Waals surface area (Å²) in [7, 11) is 1.61. The standard InChI is InChI=1S/C11H20N2O3/c1-4-8-16-11(15)13-7-6-9(5-2)10(14)12-3/h4,9H,1,5-8H2,2-3H3,(H,12,14)(H,13,15). The largest absolute Gasteiger partial charge is 0.445 e. The summed E-state index contributed by atoms with van der Waals surface area (Å²) in [6.45, 7) is 6.00. The number of carbonyl (C=O) groups excluding carboxylic acids is 2. The minimum atomic E-state index is -0.480. The summed E-state index contributed by atoms with van der Waals surface area (Å²) in [6, 6.07) is 0. The lowest BCUT2D eigenvalue weighted by molar-refractivity contribution is -0.124. The first-order valence-corrected chi connectivity index (χ1v) is 5.38. The molecule has 0 saturated heterocycles. The molecule has 92 valence electrons. The highest BCUT2D eigenvalue weighted by Crippen LogP contribution is 2.06. The maximum atomic E-state index is 11.3. The van der Waals surface area contributed by atoms with Gasteiger partial charge in [-0.25, -0.2) is 4.79 Å². The van der Waals surface area contributed by atoms with Crippen molar-refractivity contribution in [1.29, 1.82) is 0 Å². The van der Waals surface area contributed by atoms with Gasteiger partial charge in [0.05, 0.1) is 0 Å². The van der Waals surface area contributed by atoms with Crippen molar-refractivity contribution in [3.63, 3.8) is 0 Å². The third-order valence-electron chi connectivity index (χ3n) is 2.20. The van der Waals surface area contributed by atoms with Gasteiger partial charge in [0.15, 0.2) is 0 Å². The van der Waals surface area contributed by atoms with Gasteiger partial charge < -0.3 is 15.4 Å². The Balaban J connectivity index is 3.73. The van der Waals surface area contributed by atoms with Gasteiger partial charge in [-0.05, 0) is 12.8 Å². The monoisotopic (exact) mass is 228 g/mol. The molecule has 0 spiro atoms. The highest BCUT2D eigenvalue weighted by Gasteiger charge is 2.14. The van der Waals surface area contributed by atoms with Crippen LogP contribution in [0, 0.1) is 5.92 Å². The van der Waals surface area contributed by atoms with Gasteiger partial charge in [0, 0.05) is 19.5 Å². The van der Waals surface area contributed by atoms with E-state index in [4.69, 9.17) is 4.74 Å². The van der Waals surface area contributed by atoms with Crippen LogP contribution in [0.2, 0.25) is 0 Å². The van der Waals surface area contributed by atoms with E-state index in [0.717, 1.165) is 6.42 Å². The second-order valence-electron chi connectivity index (χ2n) is 3.32. The molecule has 1 atom stereocenters.